The molecule has 1 aliphatic rings. The van der Waals surface area contributed by atoms with E-state index in [1.54, 1.807) is 11.3 Å². The van der Waals surface area contributed by atoms with Gasteiger partial charge in [0.05, 0.1) is 11.5 Å². The smallest absolute Gasteiger partial charge is 0.134 e. The number of likely N-dealkylation sites (tertiary alicyclic amines) is 1. The molecule has 4 rings (SSSR count). The van der Waals surface area contributed by atoms with E-state index in [0.717, 1.165) is 50.2 Å². The molecular formula is C26H27ClN2OS. The van der Waals surface area contributed by atoms with Crippen molar-refractivity contribution in [3.8, 4) is 11.8 Å². The topological polar surface area (TPSA) is 36.3 Å². The van der Waals surface area contributed by atoms with E-state index in [1.807, 2.05) is 24.3 Å². The lowest BCUT2D eigenvalue weighted by Gasteiger charge is -2.38. The molecule has 1 aliphatic heterocycles. The second-order valence-electron chi connectivity index (χ2n) is 8.04. The van der Waals surface area contributed by atoms with Gasteiger partial charge in [0.15, 0.2) is 0 Å². The Morgan fingerprint density at radius 2 is 1.77 bits per heavy atom. The van der Waals surface area contributed by atoms with Gasteiger partial charge in [-0.25, -0.2) is 0 Å². The first-order valence-electron chi connectivity index (χ1n) is 10.8. The van der Waals surface area contributed by atoms with Crippen LogP contribution in [0.4, 0.5) is 0 Å². The van der Waals surface area contributed by atoms with Crippen LogP contribution in [0.5, 0.6) is 5.75 Å². The summed E-state index contributed by atoms with van der Waals surface area (Å²) in [4.78, 5) is 3.64. The largest absolute Gasteiger partial charge is 0.485 e. The van der Waals surface area contributed by atoms with Gasteiger partial charge in [0.2, 0.25) is 0 Å². The maximum Gasteiger partial charge on any atom is 0.134 e. The average molecular weight is 451 g/mol. The van der Waals surface area contributed by atoms with Crippen LogP contribution in [0.15, 0.2) is 72.1 Å². The van der Waals surface area contributed by atoms with Crippen LogP contribution in [0.1, 0.15) is 41.4 Å². The summed E-state index contributed by atoms with van der Waals surface area (Å²) in [6.45, 7) is 2.62. The standard InChI is InChI=1S/C26H27ClN2OS/c27-15-12-24(25-11-6-18-31-25)30-23-10-5-4-7-21(23)19-29-16-13-26(20-28,14-17-29)22-8-2-1-3-9-22/h1-11,18,24H,12-17,19H2. The summed E-state index contributed by atoms with van der Waals surface area (Å²) >= 11 is 7.76. The molecule has 0 radical (unpaired) electrons. The van der Waals surface area contributed by atoms with Crippen molar-refractivity contribution in [2.45, 2.75) is 37.3 Å². The van der Waals surface area contributed by atoms with Gasteiger partial charge in [-0.2, -0.15) is 5.26 Å². The first-order chi connectivity index (χ1) is 15.2. The molecular weight excluding hydrogens is 424 g/mol. The molecule has 160 valence electrons. The number of halogens is 1. The third-order valence-corrected chi connectivity index (χ3v) is 7.30. The van der Waals surface area contributed by atoms with Gasteiger partial charge < -0.3 is 4.74 Å². The Labute approximate surface area is 193 Å². The third kappa shape index (κ3) is 5.13. The predicted octanol–water partition coefficient (Wildman–Crippen LogP) is 6.55. The fraction of sp³-hybridized carbons (Fsp3) is 0.346. The van der Waals surface area contributed by atoms with Crippen molar-refractivity contribution >= 4 is 22.9 Å². The minimum absolute atomic E-state index is 0.0238. The van der Waals surface area contributed by atoms with Crippen molar-refractivity contribution in [1.82, 2.24) is 4.90 Å². The number of ether oxygens (including phenoxy) is 1. The van der Waals surface area contributed by atoms with Gasteiger partial charge >= 0.3 is 0 Å². The summed E-state index contributed by atoms with van der Waals surface area (Å²) in [5.41, 5.74) is 1.95. The predicted molar refractivity (Wildman–Crippen MR) is 128 cm³/mol. The van der Waals surface area contributed by atoms with Crippen LogP contribution in [-0.2, 0) is 12.0 Å². The van der Waals surface area contributed by atoms with Crippen molar-refractivity contribution in [1.29, 1.82) is 5.26 Å². The van der Waals surface area contributed by atoms with Gasteiger partial charge in [-0.15, -0.1) is 22.9 Å². The van der Waals surface area contributed by atoms with Gasteiger partial charge in [-0.05, 0) is 35.9 Å². The van der Waals surface area contributed by atoms with Crippen molar-refractivity contribution in [3.05, 3.63) is 88.1 Å². The molecule has 3 nitrogen and oxygen atoms in total. The fourth-order valence-corrected chi connectivity index (χ4v) is 5.28. The van der Waals surface area contributed by atoms with Crippen LogP contribution in [0.3, 0.4) is 0 Å². The zero-order chi connectivity index (χ0) is 21.5. The Morgan fingerprint density at radius 3 is 2.45 bits per heavy atom. The highest BCUT2D eigenvalue weighted by Crippen LogP contribution is 2.36. The molecule has 2 heterocycles. The van der Waals surface area contributed by atoms with Crippen LogP contribution in [-0.4, -0.2) is 23.9 Å². The summed E-state index contributed by atoms with van der Waals surface area (Å²) in [5, 5.41) is 12.0. The molecule has 5 heteroatoms. The number of nitrogens with zero attached hydrogens (tertiary/aromatic N) is 2. The van der Waals surface area contributed by atoms with Gasteiger partial charge in [-0.1, -0.05) is 54.6 Å². The summed E-state index contributed by atoms with van der Waals surface area (Å²) in [6.07, 6.45) is 2.45. The molecule has 0 N–H and O–H groups in total. The van der Waals surface area contributed by atoms with E-state index in [1.165, 1.54) is 10.4 Å². The number of para-hydroxylation sites is 1. The molecule has 3 aromatic rings. The van der Waals surface area contributed by atoms with E-state index in [0.29, 0.717) is 5.88 Å². The zero-order valence-electron chi connectivity index (χ0n) is 17.5. The lowest BCUT2D eigenvalue weighted by molar-refractivity contribution is 0.169. The first-order valence-corrected chi connectivity index (χ1v) is 12.2. The quantitative estimate of drug-likeness (QED) is 0.365. The third-order valence-electron chi connectivity index (χ3n) is 6.12. The maximum absolute atomic E-state index is 9.96. The lowest BCUT2D eigenvalue weighted by Crippen LogP contribution is -2.41. The van der Waals surface area contributed by atoms with E-state index >= 15 is 0 Å². The molecule has 1 atom stereocenters. The molecule has 1 unspecified atom stereocenters. The SMILES string of the molecule is N#CC1(c2ccccc2)CCN(Cc2ccccc2OC(CCCl)c2cccs2)CC1. The van der Waals surface area contributed by atoms with Crippen molar-refractivity contribution in [2.75, 3.05) is 19.0 Å². The molecule has 2 aromatic carbocycles. The van der Waals surface area contributed by atoms with Crippen LogP contribution in [0.25, 0.3) is 0 Å². The molecule has 1 saturated heterocycles. The van der Waals surface area contributed by atoms with Crippen LogP contribution in [0, 0.1) is 11.3 Å². The monoisotopic (exact) mass is 450 g/mol. The van der Waals surface area contributed by atoms with Crippen molar-refractivity contribution in [2.24, 2.45) is 0 Å². The van der Waals surface area contributed by atoms with Crippen LogP contribution >= 0.6 is 22.9 Å². The average Bonchev–Trinajstić information content (AvgIpc) is 3.36. The number of alkyl halides is 1. The normalized spacial score (nSPS) is 17.0. The van der Waals surface area contributed by atoms with E-state index in [-0.39, 0.29) is 11.5 Å². The van der Waals surface area contributed by atoms with Crippen LogP contribution < -0.4 is 4.74 Å². The molecule has 0 spiro atoms. The highest BCUT2D eigenvalue weighted by molar-refractivity contribution is 7.10. The Hall–Kier alpha value is -2.32. The minimum Gasteiger partial charge on any atom is -0.485 e. The summed E-state index contributed by atoms with van der Waals surface area (Å²) < 4.78 is 6.45. The maximum atomic E-state index is 9.96. The number of hydrogen-bond donors (Lipinski definition) is 0. The number of piperidine rings is 1. The van der Waals surface area contributed by atoms with Crippen molar-refractivity contribution in [3.63, 3.8) is 0 Å². The minimum atomic E-state index is -0.377. The zero-order valence-corrected chi connectivity index (χ0v) is 19.1. The highest BCUT2D eigenvalue weighted by Gasteiger charge is 2.36. The number of thiophene rings is 1. The lowest BCUT2D eigenvalue weighted by atomic mass is 9.74. The van der Waals surface area contributed by atoms with Gasteiger partial charge in [0, 0.05) is 42.4 Å². The number of benzene rings is 2. The second-order valence-corrected chi connectivity index (χ2v) is 9.40. The highest BCUT2D eigenvalue weighted by atomic mass is 35.5. The molecule has 0 aliphatic carbocycles. The molecule has 31 heavy (non-hydrogen) atoms. The summed E-state index contributed by atoms with van der Waals surface area (Å²) in [7, 11) is 0. The summed E-state index contributed by atoms with van der Waals surface area (Å²) in [5.74, 6) is 1.48. The molecule has 0 saturated carbocycles. The first kappa shape index (κ1) is 21.9. The second kappa shape index (κ2) is 10.3. The molecule has 1 fully saturated rings. The van der Waals surface area contributed by atoms with Gasteiger partial charge in [0.1, 0.15) is 11.9 Å². The van der Waals surface area contributed by atoms with E-state index in [2.05, 4.69) is 58.8 Å². The number of rotatable bonds is 8. The van der Waals surface area contributed by atoms with Gasteiger partial charge in [0.25, 0.3) is 0 Å². The van der Waals surface area contributed by atoms with E-state index in [4.69, 9.17) is 16.3 Å². The number of hydrogen-bond acceptors (Lipinski definition) is 4. The van der Waals surface area contributed by atoms with Gasteiger partial charge in [-0.3, -0.25) is 4.90 Å². The molecule has 0 bridgehead atoms. The Bertz CT molecular complexity index is 992. The molecule has 1 aromatic heterocycles. The summed E-state index contributed by atoms with van der Waals surface area (Å²) in [6, 6.07) is 25.3. The van der Waals surface area contributed by atoms with E-state index < -0.39 is 0 Å². The Morgan fingerprint density at radius 1 is 1.03 bits per heavy atom. The number of nitriles is 1. The van der Waals surface area contributed by atoms with E-state index in [9.17, 15) is 5.26 Å². The molecule has 0 amide bonds. The fourth-order valence-electron chi connectivity index (χ4n) is 4.29. The Kier molecular flexibility index (Phi) is 7.29. The Balaban J connectivity index is 1.45. The van der Waals surface area contributed by atoms with Crippen LogP contribution in [0.2, 0.25) is 0 Å². The van der Waals surface area contributed by atoms with Crippen molar-refractivity contribution < 1.29 is 4.74 Å².